The smallest absolute Gasteiger partial charge is 0.414 e. The van der Waals surface area contributed by atoms with E-state index in [1.54, 1.807) is 9.80 Å². The Balaban J connectivity index is 1.70. The van der Waals surface area contributed by atoms with E-state index in [2.05, 4.69) is 0 Å². The van der Waals surface area contributed by atoms with E-state index in [-0.39, 0.29) is 18.2 Å². The van der Waals surface area contributed by atoms with Gasteiger partial charge >= 0.3 is 12.2 Å². The van der Waals surface area contributed by atoms with Crippen LogP contribution in [0, 0.1) is 6.92 Å². The van der Waals surface area contributed by atoms with Crippen LogP contribution in [-0.2, 0) is 16.1 Å². The quantitative estimate of drug-likeness (QED) is 0.775. The second-order valence-corrected chi connectivity index (χ2v) is 7.70. The second kappa shape index (κ2) is 6.58. The molecule has 0 radical (unpaired) electrons. The van der Waals surface area contributed by atoms with Crippen LogP contribution in [0.15, 0.2) is 18.2 Å². The average Bonchev–Trinajstić information content (AvgIpc) is 2.53. The van der Waals surface area contributed by atoms with E-state index in [4.69, 9.17) is 9.47 Å². The molecule has 0 saturated carbocycles. The van der Waals surface area contributed by atoms with Crippen LogP contribution >= 0.6 is 0 Å². The molecule has 2 heterocycles. The highest BCUT2D eigenvalue weighted by Gasteiger charge is 2.36. The summed E-state index contributed by atoms with van der Waals surface area (Å²) in [6.45, 7) is 9.09. The van der Waals surface area contributed by atoms with Crippen molar-refractivity contribution < 1.29 is 19.1 Å². The molecule has 1 fully saturated rings. The van der Waals surface area contributed by atoms with Crippen LogP contribution in [0.25, 0.3) is 0 Å². The fourth-order valence-electron chi connectivity index (χ4n) is 3.38. The number of anilines is 1. The van der Waals surface area contributed by atoms with Crippen LogP contribution in [0.1, 0.15) is 44.7 Å². The molecule has 0 aromatic heterocycles. The Morgan fingerprint density at radius 1 is 1.24 bits per heavy atom. The number of ether oxygens (including phenoxy) is 2. The number of nitrogens with zero attached hydrogens (tertiary/aromatic N) is 2. The summed E-state index contributed by atoms with van der Waals surface area (Å²) < 4.78 is 10.8. The van der Waals surface area contributed by atoms with Gasteiger partial charge in [0.05, 0.1) is 5.69 Å². The third kappa shape index (κ3) is 3.72. The SMILES string of the molecule is Cc1cccc2c1COC(=O)N2C1CCN(C(=O)OC(C)(C)C)CC1. The Morgan fingerprint density at radius 2 is 1.92 bits per heavy atom. The molecule has 136 valence electrons. The highest BCUT2D eigenvalue weighted by molar-refractivity contribution is 5.91. The van der Waals surface area contributed by atoms with Gasteiger partial charge in [-0.2, -0.15) is 0 Å². The van der Waals surface area contributed by atoms with E-state index in [1.807, 2.05) is 45.9 Å². The number of cyclic esters (lactones) is 1. The summed E-state index contributed by atoms with van der Waals surface area (Å²) in [5, 5.41) is 0. The topological polar surface area (TPSA) is 59.1 Å². The molecule has 2 amide bonds. The zero-order chi connectivity index (χ0) is 18.2. The third-order valence-electron chi connectivity index (χ3n) is 4.66. The lowest BCUT2D eigenvalue weighted by molar-refractivity contribution is 0.0204. The Hall–Kier alpha value is -2.24. The first-order valence-electron chi connectivity index (χ1n) is 8.78. The number of benzene rings is 1. The predicted molar refractivity (Wildman–Crippen MR) is 94.7 cm³/mol. The number of carbonyl (C=O) groups excluding carboxylic acids is 2. The van der Waals surface area contributed by atoms with E-state index in [1.165, 1.54) is 0 Å². The summed E-state index contributed by atoms with van der Waals surface area (Å²) >= 11 is 0. The summed E-state index contributed by atoms with van der Waals surface area (Å²) in [7, 11) is 0. The van der Waals surface area contributed by atoms with Crippen LogP contribution in [-0.4, -0.2) is 41.8 Å². The summed E-state index contributed by atoms with van der Waals surface area (Å²) in [6, 6.07) is 6.01. The van der Waals surface area contributed by atoms with E-state index in [0.29, 0.717) is 32.5 Å². The van der Waals surface area contributed by atoms with Gasteiger partial charge in [0.15, 0.2) is 0 Å². The largest absolute Gasteiger partial charge is 0.444 e. The maximum absolute atomic E-state index is 12.4. The standard InChI is InChI=1S/C19H26N2O4/c1-13-6-5-7-16-15(13)12-24-18(23)21(16)14-8-10-20(11-9-14)17(22)25-19(2,3)4/h5-7,14H,8-12H2,1-4H3. The molecular formula is C19H26N2O4. The molecule has 0 N–H and O–H groups in total. The molecule has 0 aliphatic carbocycles. The lowest BCUT2D eigenvalue weighted by Crippen LogP contribution is -2.51. The number of hydrogen-bond acceptors (Lipinski definition) is 4. The van der Waals surface area contributed by atoms with E-state index in [9.17, 15) is 9.59 Å². The minimum Gasteiger partial charge on any atom is -0.444 e. The number of aryl methyl sites for hydroxylation is 1. The number of carbonyl (C=O) groups is 2. The van der Waals surface area contributed by atoms with Crippen molar-refractivity contribution >= 4 is 17.9 Å². The van der Waals surface area contributed by atoms with Crippen molar-refractivity contribution in [2.45, 2.75) is 58.8 Å². The summed E-state index contributed by atoms with van der Waals surface area (Å²) in [5.74, 6) is 0. The Morgan fingerprint density at radius 3 is 2.56 bits per heavy atom. The fraction of sp³-hybridized carbons (Fsp3) is 0.579. The average molecular weight is 346 g/mol. The highest BCUT2D eigenvalue weighted by atomic mass is 16.6. The minimum atomic E-state index is -0.499. The summed E-state index contributed by atoms with van der Waals surface area (Å²) in [4.78, 5) is 28.1. The van der Waals surface area contributed by atoms with Gasteiger partial charge in [-0.3, -0.25) is 4.90 Å². The molecule has 2 aliphatic rings. The minimum absolute atomic E-state index is 0.0343. The van der Waals surface area contributed by atoms with Crippen molar-refractivity contribution in [1.82, 2.24) is 4.90 Å². The lowest BCUT2D eigenvalue weighted by Gasteiger charge is -2.40. The molecule has 0 atom stereocenters. The Labute approximate surface area is 148 Å². The molecule has 1 aromatic carbocycles. The highest BCUT2D eigenvalue weighted by Crippen LogP contribution is 2.33. The zero-order valence-corrected chi connectivity index (χ0v) is 15.4. The van der Waals surface area contributed by atoms with Gasteiger partial charge in [-0.15, -0.1) is 0 Å². The fourth-order valence-corrected chi connectivity index (χ4v) is 3.38. The third-order valence-corrected chi connectivity index (χ3v) is 4.66. The molecule has 6 nitrogen and oxygen atoms in total. The predicted octanol–water partition coefficient (Wildman–Crippen LogP) is 3.85. The van der Waals surface area contributed by atoms with Crippen molar-refractivity contribution in [3.63, 3.8) is 0 Å². The molecule has 1 saturated heterocycles. The van der Waals surface area contributed by atoms with Gasteiger partial charge in [0, 0.05) is 24.7 Å². The van der Waals surface area contributed by atoms with Crippen LogP contribution in [0.4, 0.5) is 15.3 Å². The van der Waals surface area contributed by atoms with Crippen LogP contribution in [0.3, 0.4) is 0 Å². The summed E-state index contributed by atoms with van der Waals surface area (Å²) in [6.07, 6.45) is 0.834. The molecule has 0 bridgehead atoms. The van der Waals surface area contributed by atoms with Crippen molar-refractivity contribution in [3.05, 3.63) is 29.3 Å². The van der Waals surface area contributed by atoms with E-state index in [0.717, 1.165) is 16.8 Å². The summed E-state index contributed by atoms with van der Waals surface area (Å²) in [5.41, 5.74) is 2.63. The number of rotatable bonds is 1. The first-order valence-corrected chi connectivity index (χ1v) is 8.78. The second-order valence-electron chi connectivity index (χ2n) is 7.70. The molecule has 0 unspecified atom stereocenters. The van der Waals surface area contributed by atoms with Crippen molar-refractivity contribution in [1.29, 1.82) is 0 Å². The van der Waals surface area contributed by atoms with Gasteiger partial charge in [0.1, 0.15) is 12.2 Å². The van der Waals surface area contributed by atoms with Gasteiger partial charge in [0.2, 0.25) is 0 Å². The molecule has 25 heavy (non-hydrogen) atoms. The normalized spacial score (nSPS) is 18.6. The van der Waals surface area contributed by atoms with E-state index < -0.39 is 5.60 Å². The Kier molecular flexibility index (Phi) is 4.62. The van der Waals surface area contributed by atoms with Crippen molar-refractivity contribution in [3.8, 4) is 0 Å². The monoisotopic (exact) mass is 346 g/mol. The maximum atomic E-state index is 12.4. The zero-order valence-electron chi connectivity index (χ0n) is 15.4. The van der Waals surface area contributed by atoms with Crippen LogP contribution in [0.5, 0.6) is 0 Å². The maximum Gasteiger partial charge on any atom is 0.414 e. The first-order chi connectivity index (χ1) is 11.8. The van der Waals surface area contributed by atoms with Gasteiger partial charge in [-0.1, -0.05) is 12.1 Å². The van der Waals surface area contributed by atoms with Gasteiger partial charge < -0.3 is 14.4 Å². The molecule has 1 aromatic rings. The Bertz CT molecular complexity index is 672. The van der Waals surface area contributed by atoms with Gasteiger partial charge in [-0.25, -0.2) is 9.59 Å². The van der Waals surface area contributed by atoms with Crippen molar-refractivity contribution in [2.24, 2.45) is 0 Å². The van der Waals surface area contributed by atoms with Crippen LogP contribution < -0.4 is 4.90 Å². The number of amides is 2. The van der Waals surface area contributed by atoms with Gasteiger partial charge in [-0.05, 0) is 52.2 Å². The molecule has 3 rings (SSSR count). The molecule has 6 heteroatoms. The number of piperidine rings is 1. The first kappa shape index (κ1) is 17.6. The number of hydrogen-bond donors (Lipinski definition) is 0. The number of likely N-dealkylation sites (tertiary alicyclic amines) is 1. The molecular weight excluding hydrogens is 320 g/mol. The van der Waals surface area contributed by atoms with Crippen LogP contribution in [0.2, 0.25) is 0 Å². The lowest BCUT2D eigenvalue weighted by atomic mass is 9.99. The van der Waals surface area contributed by atoms with Gasteiger partial charge in [0.25, 0.3) is 0 Å². The van der Waals surface area contributed by atoms with E-state index >= 15 is 0 Å². The molecule has 0 spiro atoms. The number of fused-ring (bicyclic) bond motifs is 1. The molecule has 2 aliphatic heterocycles. The van der Waals surface area contributed by atoms with Crippen molar-refractivity contribution in [2.75, 3.05) is 18.0 Å².